The molecule has 0 bridgehead atoms. The average molecular weight is 330 g/mol. The van der Waals surface area contributed by atoms with E-state index in [0.29, 0.717) is 24.0 Å². The zero-order valence-corrected chi connectivity index (χ0v) is 12.2. The Morgan fingerprint density at radius 3 is 2.45 bits per heavy atom. The normalized spacial score (nSPS) is 13.6. The fourth-order valence-electron chi connectivity index (χ4n) is 2.29. The summed E-state index contributed by atoms with van der Waals surface area (Å²) in [5, 5.41) is 2.82. The minimum atomic E-state index is -0.00259. The number of anilines is 1. The third-order valence-electron chi connectivity index (χ3n) is 3.37. The van der Waals surface area contributed by atoms with Crippen LogP contribution in [0.3, 0.4) is 0 Å². The largest absolute Gasteiger partial charge is 0.326 e. The third-order valence-corrected chi connectivity index (χ3v) is 3.90. The SMILES string of the molecule is O=C1CCc2cc(C(=O)c3ccc(Br)cc3)ccc2N1. The summed E-state index contributed by atoms with van der Waals surface area (Å²) in [7, 11) is 0. The fourth-order valence-corrected chi connectivity index (χ4v) is 2.56. The van der Waals surface area contributed by atoms with Gasteiger partial charge in [0.25, 0.3) is 0 Å². The van der Waals surface area contributed by atoms with Crippen molar-refractivity contribution in [1.29, 1.82) is 0 Å². The van der Waals surface area contributed by atoms with E-state index in [1.54, 1.807) is 24.3 Å². The lowest BCUT2D eigenvalue weighted by atomic mass is 9.96. The molecule has 0 radical (unpaired) electrons. The number of rotatable bonds is 2. The minimum absolute atomic E-state index is 0.00259. The lowest BCUT2D eigenvalue weighted by Crippen LogP contribution is -2.19. The Balaban J connectivity index is 1.93. The first-order valence-corrected chi connectivity index (χ1v) is 7.16. The summed E-state index contributed by atoms with van der Waals surface area (Å²) in [4.78, 5) is 23.7. The number of hydrogen-bond acceptors (Lipinski definition) is 2. The Kier molecular flexibility index (Phi) is 3.40. The van der Waals surface area contributed by atoms with Crippen LogP contribution in [0.4, 0.5) is 5.69 Å². The number of aryl methyl sites for hydroxylation is 1. The number of nitrogens with one attached hydrogen (secondary N) is 1. The fraction of sp³-hybridized carbons (Fsp3) is 0.125. The number of ketones is 1. The Bertz CT molecular complexity index is 692. The first-order chi connectivity index (χ1) is 9.63. The topological polar surface area (TPSA) is 46.2 Å². The second-order valence-corrected chi connectivity index (χ2v) is 5.67. The molecule has 2 aromatic carbocycles. The molecule has 0 unspecified atom stereocenters. The molecule has 0 saturated heterocycles. The van der Waals surface area contributed by atoms with E-state index in [-0.39, 0.29) is 11.7 Å². The van der Waals surface area contributed by atoms with Crippen molar-refractivity contribution < 1.29 is 9.59 Å². The highest BCUT2D eigenvalue weighted by Gasteiger charge is 2.17. The van der Waals surface area contributed by atoms with Gasteiger partial charge in [0.05, 0.1) is 0 Å². The van der Waals surface area contributed by atoms with Gasteiger partial charge in [0.15, 0.2) is 5.78 Å². The zero-order chi connectivity index (χ0) is 14.1. The lowest BCUT2D eigenvalue weighted by Gasteiger charge is -2.17. The van der Waals surface area contributed by atoms with Gasteiger partial charge in [0, 0.05) is 27.7 Å². The number of fused-ring (bicyclic) bond motifs is 1. The van der Waals surface area contributed by atoms with Gasteiger partial charge >= 0.3 is 0 Å². The number of amides is 1. The first kappa shape index (κ1) is 13.1. The molecule has 0 aliphatic carbocycles. The predicted octanol–water partition coefficient (Wildman–Crippen LogP) is 3.56. The monoisotopic (exact) mass is 329 g/mol. The van der Waals surface area contributed by atoms with Crippen LogP contribution < -0.4 is 5.32 Å². The predicted molar refractivity (Wildman–Crippen MR) is 81.0 cm³/mol. The van der Waals surface area contributed by atoms with E-state index >= 15 is 0 Å². The molecule has 20 heavy (non-hydrogen) atoms. The molecule has 100 valence electrons. The Morgan fingerprint density at radius 1 is 1.00 bits per heavy atom. The van der Waals surface area contributed by atoms with Crippen LogP contribution in [0, 0.1) is 0 Å². The van der Waals surface area contributed by atoms with Gasteiger partial charge in [-0.25, -0.2) is 0 Å². The van der Waals surface area contributed by atoms with Gasteiger partial charge in [-0.1, -0.05) is 15.9 Å². The highest BCUT2D eigenvalue weighted by Crippen LogP contribution is 2.25. The van der Waals surface area contributed by atoms with Crippen LogP contribution in [0.15, 0.2) is 46.9 Å². The van der Waals surface area contributed by atoms with Crippen molar-refractivity contribution in [3.8, 4) is 0 Å². The van der Waals surface area contributed by atoms with E-state index < -0.39 is 0 Å². The zero-order valence-electron chi connectivity index (χ0n) is 10.7. The standard InChI is InChI=1S/C16H12BrNO2/c17-13-5-1-10(2-6-13)16(20)12-3-7-14-11(9-12)4-8-15(19)18-14/h1-3,5-7,9H,4,8H2,(H,18,19). The van der Waals surface area contributed by atoms with Gasteiger partial charge in [-0.2, -0.15) is 0 Å². The van der Waals surface area contributed by atoms with E-state index in [2.05, 4.69) is 21.2 Å². The van der Waals surface area contributed by atoms with Crippen molar-refractivity contribution in [2.75, 3.05) is 5.32 Å². The van der Waals surface area contributed by atoms with Crippen molar-refractivity contribution >= 4 is 33.3 Å². The number of carbonyl (C=O) groups excluding carboxylic acids is 2. The van der Waals surface area contributed by atoms with Crippen molar-refractivity contribution in [2.24, 2.45) is 0 Å². The lowest BCUT2D eigenvalue weighted by molar-refractivity contribution is -0.116. The molecule has 0 aromatic heterocycles. The van der Waals surface area contributed by atoms with Gasteiger partial charge in [-0.05, 0) is 54.4 Å². The number of hydrogen-bond donors (Lipinski definition) is 1. The van der Waals surface area contributed by atoms with Crippen LogP contribution in [0.5, 0.6) is 0 Å². The molecule has 1 heterocycles. The summed E-state index contributed by atoms with van der Waals surface area (Å²) < 4.78 is 0.946. The summed E-state index contributed by atoms with van der Waals surface area (Å²) in [5.74, 6) is 0.0293. The first-order valence-electron chi connectivity index (χ1n) is 6.36. The van der Waals surface area contributed by atoms with Gasteiger partial charge in [0.2, 0.25) is 5.91 Å². The van der Waals surface area contributed by atoms with Crippen LogP contribution in [-0.4, -0.2) is 11.7 Å². The maximum Gasteiger partial charge on any atom is 0.224 e. The second kappa shape index (κ2) is 5.21. The average Bonchev–Trinajstić information content (AvgIpc) is 2.47. The Hall–Kier alpha value is -1.94. The molecule has 1 aliphatic heterocycles. The highest BCUT2D eigenvalue weighted by atomic mass is 79.9. The van der Waals surface area contributed by atoms with Crippen molar-refractivity contribution in [2.45, 2.75) is 12.8 Å². The summed E-state index contributed by atoms with van der Waals surface area (Å²) >= 11 is 3.35. The summed E-state index contributed by atoms with van der Waals surface area (Å²) in [6.07, 6.45) is 1.16. The van der Waals surface area contributed by atoms with Crippen LogP contribution in [0.1, 0.15) is 27.9 Å². The van der Waals surface area contributed by atoms with Gasteiger partial charge < -0.3 is 5.32 Å². The van der Waals surface area contributed by atoms with Crippen LogP contribution >= 0.6 is 15.9 Å². The van der Waals surface area contributed by atoms with Gasteiger partial charge in [-0.15, -0.1) is 0 Å². The highest BCUT2D eigenvalue weighted by molar-refractivity contribution is 9.10. The van der Waals surface area contributed by atoms with Crippen molar-refractivity contribution in [1.82, 2.24) is 0 Å². The smallest absolute Gasteiger partial charge is 0.224 e. The van der Waals surface area contributed by atoms with Crippen molar-refractivity contribution in [3.05, 3.63) is 63.6 Å². The molecule has 0 atom stereocenters. The number of halogens is 1. The molecule has 1 aliphatic rings. The third kappa shape index (κ3) is 2.51. The maximum atomic E-state index is 12.4. The van der Waals surface area contributed by atoms with E-state index in [1.807, 2.05) is 18.2 Å². The quantitative estimate of drug-likeness (QED) is 0.856. The summed E-state index contributed by atoms with van der Waals surface area (Å²) in [6.45, 7) is 0. The molecule has 0 saturated carbocycles. The molecule has 1 N–H and O–H groups in total. The summed E-state index contributed by atoms with van der Waals surface area (Å²) in [6, 6.07) is 12.7. The minimum Gasteiger partial charge on any atom is -0.326 e. The molecule has 3 nitrogen and oxygen atoms in total. The van der Waals surface area contributed by atoms with Crippen molar-refractivity contribution in [3.63, 3.8) is 0 Å². The molecule has 4 heteroatoms. The molecule has 0 fully saturated rings. The Labute approximate surface area is 125 Å². The van der Waals surface area contributed by atoms with E-state index in [9.17, 15) is 9.59 Å². The summed E-state index contributed by atoms with van der Waals surface area (Å²) in [5.41, 5.74) is 3.15. The number of benzene rings is 2. The molecule has 2 aromatic rings. The van der Waals surface area contributed by atoms with Gasteiger partial charge in [-0.3, -0.25) is 9.59 Å². The van der Waals surface area contributed by atoms with E-state index in [0.717, 1.165) is 15.7 Å². The van der Waals surface area contributed by atoms with E-state index in [1.165, 1.54) is 0 Å². The van der Waals surface area contributed by atoms with E-state index in [4.69, 9.17) is 0 Å². The molecule has 0 spiro atoms. The molecule has 1 amide bonds. The second-order valence-electron chi connectivity index (χ2n) is 4.76. The van der Waals surface area contributed by atoms with Crippen LogP contribution in [-0.2, 0) is 11.2 Å². The van der Waals surface area contributed by atoms with Crippen LogP contribution in [0.2, 0.25) is 0 Å². The van der Waals surface area contributed by atoms with Crippen LogP contribution in [0.25, 0.3) is 0 Å². The van der Waals surface area contributed by atoms with Gasteiger partial charge in [0.1, 0.15) is 0 Å². The Morgan fingerprint density at radius 2 is 1.70 bits per heavy atom. The number of carbonyl (C=O) groups is 2. The molecule has 3 rings (SSSR count). The molecular formula is C16H12BrNO2. The maximum absolute atomic E-state index is 12.4. The molecular weight excluding hydrogens is 318 g/mol.